The van der Waals surface area contributed by atoms with Crippen LogP contribution in [0.15, 0.2) is 29.8 Å². The molecule has 1 aromatic carbocycles. The van der Waals surface area contributed by atoms with Crippen molar-refractivity contribution in [1.82, 2.24) is 10.3 Å². The topological polar surface area (TPSA) is 62.2 Å². The summed E-state index contributed by atoms with van der Waals surface area (Å²) < 4.78 is 12.8. The van der Waals surface area contributed by atoms with Crippen LogP contribution in [-0.2, 0) is 0 Å². The Balaban J connectivity index is 1.98. The molecule has 1 aromatic heterocycles. The van der Waals surface area contributed by atoms with Crippen molar-refractivity contribution in [3.8, 4) is 5.75 Å². The summed E-state index contributed by atoms with van der Waals surface area (Å²) in [6.45, 7) is 2.35. The monoisotopic (exact) mass is 280 g/mol. The summed E-state index contributed by atoms with van der Waals surface area (Å²) in [5.41, 5.74) is 0.0627. The second-order valence-electron chi connectivity index (χ2n) is 4.14. The molecule has 1 unspecified atom stereocenters. The number of nitrogens with one attached hydrogen (secondary N) is 1. The van der Waals surface area contributed by atoms with E-state index < -0.39 is 11.7 Å². The maximum Gasteiger partial charge on any atom is 0.255 e. The van der Waals surface area contributed by atoms with Gasteiger partial charge in [-0.25, -0.2) is 9.37 Å². The summed E-state index contributed by atoms with van der Waals surface area (Å²) in [5.74, 6) is -1.28. The van der Waals surface area contributed by atoms with Crippen LogP contribution >= 0.6 is 11.3 Å². The van der Waals surface area contributed by atoms with E-state index in [-0.39, 0.29) is 17.2 Å². The number of phenolic OH excluding ortho intramolecular Hbond substituents is 1. The van der Waals surface area contributed by atoms with Gasteiger partial charge in [0.05, 0.1) is 10.6 Å². The Morgan fingerprint density at radius 1 is 1.58 bits per heavy atom. The molecule has 4 nitrogen and oxygen atoms in total. The summed E-state index contributed by atoms with van der Waals surface area (Å²) in [7, 11) is 0. The molecule has 0 radical (unpaired) electrons. The van der Waals surface area contributed by atoms with Crippen LogP contribution in [0.25, 0.3) is 0 Å². The quantitative estimate of drug-likeness (QED) is 0.904. The van der Waals surface area contributed by atoms with Gasteiger partial charge in [0.1, 0.15) is 11.6 Å². The Morgan fingerprint density at radius 3 is 3.00 bits per heavy atom. The first-order chi connectivity index (χ1) is 9.08. The van der Waals surface area contributed by atoms with E-state index in [1.807, 2.05) is 12.3 Å². The fraction of sp³-hybridized carbons (Fsp3) is 0.231. The number of hydrogen-bond donors (Lipinski definition) is 2. The molecule has 0 saturated heterocycles. The molecule has 1 heterocycles. The first-order valence-corrected chi connectivity index (χ1v) is 6.62. The lowest BCUT2D eigenvalue weighted by Gasteiger charge is -2.10. The number of amides is 1. The lowest BCUT2D eigenvalue weighted by atomic mass is 10.1. The molecule has 0 spiro atoms. The minimum Gasteiger partial charge on any atom is -0.507 e. The second-order valence-corrected chi connectivity index (χ2v) is 5.07. The third kappa shape index (κ3) is 3.29. The minimum atomic E-state index is -0.579. The van der Waals surface area contributed by atoms with E-state index >= 15 is 0 Å². The highest BCUT2D eigenvalue weighted by atomic mass is 32.1. The van der Waals surface area contributed by atoms with Crippen molar-refractivity contribution in [3.05, 3.63) is 46.2 Å². The first-order valence-electron chi connectivity index (χ1n) is 5.74. The van der Waals surface area contributed by atoms with Crippen LogP contribution < -0.4 is 5.32 Å². The Hall–Kier alpha value is -1.95. The van der Waals surface area contributed by atoms with Gasteiger partial charge in [-0.1, -0.05) is 6.92 Å². The number of hydrogen-bond acceptors (Lipinski definition) is 4. The molecule has 6 heteroatoms. The zero-order valence-corrected chi connectivity index (χ0v) is 11.1. The number of phenols is 1. The molecule has 1 amide bonds. The molecule has 1 atom stereocenters. The van der Waals surface area contributed by atoms with Gasteiger partial charge in [-0.2, -0.15) is 0 Å². The number of aromatic nitrogens is 1. The fourth-order valence-electron chi connectivity index (χ4n) is 1.60. The van der Waals surface area contributed by atoms with Gasteiger partial charge in [0.15, 0.2) is 0 Å². The fourth-order valence-corrected chi connectivity index (χ4v) is 2.30. The summed E-state index contributed by atoms with van der Waals surface area (Å²) in [5, 5.41) is 15.0. The van der Waals surface area contributed by atoms with Crippen LogP contribution in [-0.4, -0.2) is 22.5 Å². The van der Waals surface area contributed by atoms with Crippen LogP contribution in [0.2, 0.25) is 0 Å². The van der Waals surface area contributed by atoms with Gasteiger partial charge in [0, 0.05) is 30.1 Å². The van der Waals surface area contributed by atoms with Crippen LogP contribution in [0.1, 0.15) is 28.2 Å². The molecule has 2 rings (SSSR count). The Bertz CT molecular complexity index is 572. The molecule has 0 saturated carbocycles. The average molecular weight is 280 g/mol. The number of thiazole rings is 1. The van der Waals surface area contributed by atoms with Gasteiger partial charge >= 0.3 is 0 Å². The smallest absolute Gasteiger partial charge is 0.255 e. The molecule has 0 aliphatic rings. The third-order valence-electron chi connectivity index (χ3n) is 2.65. The normalized spacial score (nSPS) is 12.1. The average Bonchev–Trinajstić information content (AvgIpc) is 2.89. The maximum atomic E-state index is 12.8. The van der Waals surface area contributed by atoms with Crippen molar-refractivity contribution in [1.29, 1.82) is 0 Å². The number of halogens is 1. The highest BCUT2D eigenvalue weighted by molar-refractivity contribution is 7.09. The molecule has 2 aromatic rings. The third-order valence-corrected chi connectivity index (χ3v) is 3.65. The SMILES string of the molecule is CC(CNC(=O)c1ccc(F)cc1O)c1nccs1. The van der Waals surface area contributed by atoms with Crippen LogP contribution in [0.4, 0.5) is 4.39 Å². The van der Waals surface area contributed by atoms with Gasteiger partial charge in [0.2, 0.25) is 0 Å². The predicted octanol–water partition coefficient (Wildman–Crippen LogP) is 2.52. The van der Waals surface area contributed by atoms with Crippen molar-refractivity contribution in [3.63, 3.8) is 0 Å². The van der Waals surface area contributed by atoms with E-state index in [9.17, 15) is 14.3 Å². The lowest BCUT2D eigenvalue weighted by Crippen LogP contribution is -2.27. The summed E-state index contributed by atoms with van der Waals surface area (Å²) in [6.07, 6.45) is 1.71. The van der Waals surface area contributed by atoms with Crippen LogP contribution in [0, 0.1) is 5.82 Å². The van der Waals surface area contributed by atoms with Crippen molar-refractivity contribution in [2.24, 2.45) is 0 Å². The van der Waals surface area contributed by atoms with E-state index in [2.05, 4.69) is 10.3 Å². The largest absolute Gasteiger partial charge is 0.507 e. The van der Waals surface area contributed by atoms with Crippen LogP contribution in [0.3, 0.4) is 0 Å². The van der Waals surface area contributed by atoms with Gasteiger partial charge in [-0.05, 0) is 12.1 Å². The Labute approximate surface area is 113 Å². The number of benzene rings is 1. The summed E-state index contributed by atoms with van der Waals surface area (Å²) in [6, 6.07) is 3.31. The lowest BCUT2D eigenvalue weighted by molar-refractivity contribution is 0.0949. The number of carbonyl (C=O) groups is 1. The molecule has 2 N–H and O–H groups in total. The van der Waals surface area contributed by atoms with Crippen LogP contribution in [0.5, 0.6) is 5.75 Å². The molecule has 0 bridgehead atoms. The van der Waals surface area contributed by atoms with Crippen molar-refractivity contribution < 1.29 is 14.3 Å². The van der Waals surface area contributed by atoms with Crippen molar-refractivity contribution in [2.75, 3.05) is 6.54 Å². The summed E-state index contributed by atoms with van der Waals surface area (Å²) in [4.78, 5) is 16.0. The highest BCUT2D eigenvalue weighted by Gasteiger charge is 2.14. The number of nitrogens with zero attached hydrogens (tertiary/aromatic N) is 1. The van der Waals surface area contributed by atoms with Gasteiger partial charge in [0.25, 0.3) is 5.91 Å². The number of aromatic hydroxyl groups is 1. The van der Waals surface area contributed by atoms with Gasteiger partial charge < -0.3 is 10.4 Å². The molecule has 0 aliphatic heterocycles. The van der Waals surface area contributed by atoms with Gasteiger partial charge in [-0.15, -0.1) is 11.3 Å². The Kier molecular flexibility index (Phi) is 4.11. The minimum absolute atomic E-state index is 0.0627. The predicted molar refractivity (Wildman–Crippen MR) is 70.9 cm³/mol. The maximum absolute atomic E-state index is 12.8. The highest BCUT2D eigenvalue weighted by Crippen LogP contribution is 2.19. The van der Waals surface area contributed by atoms with E-state index in [1.54, 1.807) is 6.20 Å². The van der Waals surface area contributed by atoms with E-state index in [4.69, 9.17) is 0 Å². The number of carbonyl (C=O) groups excluding carboxylic acids is 1. The molecule has 0 fully saturated rings. The standard InChI is InChI=1S/C13H13FN2O2S/c1-8(13-15-4-5-19-13)7-16-12(18)10-3-2-9(14)6-11(10)17/h2-6,8,17H,7H2,1H3,(H,16,18). The van der Waals surface area contributed by atoms with Crippen molar-refractivity contribution in [2.45, 2.75) is 12.8 Å². The van der Waals surface area contributed by atoms with Crippen molar-refractivity contribution >= 4 is 17.2 Å². The molecule has 100 valence electrons. The second kappa shape index (κ2) is 5.79. The summed E-state index contributed by atoms with van der Waals surface area (Å²) >= 11 is 1.52. The number of rotatable bonds is 4. The van der Waals surface area contributed by atoms with E-state index in [1.165, 1.54) is 17.4 Å². The molecular weight excluding hydrogens is 267 g/mol. The first kappa shape index (κ1) is 13.5. The zero-order valence-electron chi connectivity index (χ0n) is 10.3. The molecule has 19 heavy (non-hydrogen) atoms. The van der Waals surface area contributed by atoms with Gasteiger partial charge in [-0.3, -0.25) is 4.79 Å². The zero-order chi connectivity index (χ0) is 13.8. The molecule has 0 aliphatic carbocycles. The van der Waals surface area contributed by atoms with E-state index in [0.717, 1.165) is 17.1 Å². The van der Waals surface area contributed by atoms with E-state index in [0.29, 0.717) is 6.54 Å². The Morgan fingerprint density at radius 2 is 2.37 bits per heavy atom. The molecular formula is C13H13FN2O2S.